The Kier molecular flexibility index (Phi) is 4.84. The van der Waals surface area contributed by atoms with Gasteiger partial charge in [0, 0.05) is 25.3 Å². The van der Waals surface area contributed by atoms with Gasteiger partial charge in [0.15, 0.2) is 0 Å². The van der Waals surface area contributed by atoms with E-state index in [1.807, 2.05) is 12.1 Å². The number of benzene rings is 1. The fraction of sp³-hybridized carbons (Fsp3) is 0.533. The number of fused-ring (bicyclic) bond motifs is 1. The Balaban J connectivity index is 1.90. The molecule has 2 rings (SSSR count). The lowest BCUT2D eigenvalue weighted by Crippen LogP contribution is -2.20. The molecule has 1 aliphatic rings. The van der Waals surface area contributed by atoms with Crippen molar-refractivity contribution in [1.29, 1.82) is 0 Å². The lowest BCUT2D eigenvalue weighted by molar-refractivity contribution is -0.116. The maximum absolute atomic E-state index is 11.3. The average molecular weight is 277 g/mol. The van der Waals surface area contributed by atoms with Crippen LogP contribution in [0.15, 0.2) is 12.1 Å². The van der Waals surface area contributed by atoms with Crippen molar-refractivity contribution in [3.63, 3.8) is 0 Å². The summed E-state index contributed by atoms with van der Waals surface area (Å²) >= 11 is 0. The molecule has 0 spiro atoms. The van der Waals surface area contributed by atoms with Crippen LogP contribution in [0.2, 0.25) is 0 Å². The smallest absolute Gasteiger partial charge is 0.224 e. The number of nitrogen functional groups attached to an aromatic ring is 1. The molecule has 5 heteroatoms. The van der Waals surface area contributed by atoms with E-state index < -0.39 is 0 Å². The van der Waals surface area contributed by atoms with Crippen LogP contribution in [0.3, 0.4) is 0 Å². The third-order valence-electron chi connectivity index (χ3n) is 3.18. The van der Waals surface area contributed by atoms with Crippen molar-refractivity contribution >= 4 is 23.0 Å². The Hall–Kier alpha value is -1.75. The molecule has 1 amide bonds. The van der Waals surface area contributed by atoms with Crippen molar-refractivity contribution in [1.82, 2.24) is 0 Å². The molecule has 0 bridgehead atoms. The molecule has 0 saturated heterocycles. The van der Waals surface area contributed by atoms with Gasteiger partial charge in [-0.15, -0.1) is 0 Å². The fourth-order valence-electron chi connectivity index (χ4n) is 2.18. The van der Waals surface area contributed by atoms with Crippen LogP contribution in [0.4, 0.5) is 17.1 Å². The zero-order chi connectivity index (χ0) is 14.5. The molecule has 4 N–H and O–H groups in total. The van der Waals surface area contributed by atoms with Crippen LogP contribution in [0, 0.1) is 5.92 Å². The molecule has 0 unspecified atom stereocenters. The first-order valence-corrected chi connectivity index (χ1v) is 7.10. The molecule has 0 aromatic heterocycles. The van der Waals surface area contributed by atoms with Crippen molar-refractivity contribution in [2.24, 2.45) is 5.92 Å². The summed E-state index contributed by atoms with van der Waals surface area (Å²) in [6, 6.07) is 3.84. The third-order valence-corrected chi connectivity index (χ3v) is 3.18. The minimum atomic E-state index is 0.0553. The quantitative estimate of drug-likeness (QED) is 0.550. The second kappa shape index (κ2) is 6.61. The van der Waals surface area contributed by atoms with E-state index in [0.29, 0.717) is 24.6 Å². The molecule has 0 fully saturated rings. The Morgan fingerprint density at radius 1 is 1.40 bits per heavy atom. The van der Waals surface area contributed by atoms with Crippen LogP contribution in [0.25, 0.3) is 0 Å². The van der Waals surface area contributed by atoms with E-state index in [1.54, 1.807) is 0 Å². The molecule has 0 atom stereocenters. The molecule has 20 heavy (non-hydrogen) atoms. The lowest BCUT2D eigenvalue weighted by atomic mass is 10.0. The summed E-state index contributed by atoms with van der Waals surface area (Å²) < 4.78 is 5.52. The summed E-state index contributed by atoms with van der Waals surface area (Å²) in [5.74, 6) is 0.604. The fourth-order valence-corrected chi connectivity index (χ4v) is 2.18. The highest BCUT2D eigenvalue weighted by molar-refractivity contribution is 5.95. The number of rotatable bonds is 6. The molecule has 1 heterocycles. The van der Waals surface area contributed by atoms with Gasteiger partial charge < -0.3 is 21.1 Å². The number of nitrogens with two attached hydrogens (primary N) is 1. The number of aryl methyl sites for hydroxylation is 1. The number of hydrogen-bond acceptors (Lipinski definition) is 4. The van der Waals surface area contributed by atoms with E-state index in [-0.39, 0.29) is 5.91 Å². The van der Waals surface area contributed by atoms with Gasteiger partial charge in [-0.3, -0.25) is 4.79 Å². The minimum Gasteiger partial charge on any atom is -0.397 e. The van der Waals surface area contributed by atoms with Gasteiger partial charge in [-0.1, -0.05) is 13.8 Å². The summed E-state index contributed by atoms with van der Waals surface area (Å²) in [6.07, 6.45) is 1.30. The highest BCUT2D eigenvalue weighted by atomic mass is 16.5. The second-order valence-electron chi connectivity index (χ2n) is 5.54. The average Bonchev–Trinajstić information content (AvgIpc) is 2.38. The Morgan fingerprint density at radius 3 is 2.95 bits per heavy atom. The van der Waals surface area contributed by atoms with Crippen molar-refractivity contribution in [3.05, 3.63) is 17.7 Å². The molecule has 110 valence electrons. The SMILES string of the molecule is CC(C)COCCNc1cc2c(cc1N)NC(=O)CC2. The predicted molar refractivity (Wildman–Crippen MR) is 82.0 cm³/mol. The van der Waals surface area contributed by atoms with Gasteiger partial charge in [-0.2, -0.15) is 0 Å². The first-order chi connectivity index (χ1) is 9.56. The monoisotopic (exact) mass is 277 g/mol. The van der Waals surface area contributed by atoms with Gasteiger partial charge in [0.25, 0.3) is 0 Å². The minimum absolute atomic E-state index is 0.0553. The summed E-state index contributed by atoms with van der Waals surface area (Å²) in [5.41, 5.74) is 9.52. The van der Waals surface area contributed by atoms with E-state index in [0.717, 1.165) is 36.5 Å². The van der Waals surface area contributed by atoms with Gasteiger partial charge in [0.1, 0.15) is 0 Å². The molecule has 1 aliphatic heterocycles. The van der Waals surface area contributed by atoms with Crippen LogP contribution in [-0.2, 0) is 16.0 Å². The van der Waals surface area contributed by atoms with E-state index >= 15 is 0 Å². The second-order valence-corrected chi connectivity index (χ2v) is 5.54. The van der Waals surface area contributed by atoms with Crippen LogP contribution < -0.4 is 16.4 Å². The van der Waals surface area contributed by atoms with Crippen LogP contribution in [-0.4, -0.2) is 25.7 Å². The number of ether oxygens (including phenoxy) is 1. The summed E-state index contributed by atoms with van der Waals surface area (Å²) in [5, 5.41) is 6.13. The van der Waals surface area contributed by atoms with E-state index in [4.69, 9.17) is 10.5 Å². The Bertz CT molecular complexity index is 486. The first-order valence-electron chi connectivity index (χ1n) is 7.10. The third kappa shape index (κ3) is 3.87. The maximum atomic E-state index is 11.3. The molecule has 1 aromatic rings. The number of anilines is 3. The standard InChI is InChI=1S/C15H23N3O2/c1-10(2)9-20-6-5-17-14-7-11-3-4-15(19)18-13(11)8-12(14)16/h7-8,10,17H,3-6,9,16H2,1-2H3,(H,18,19). The maximum Gasteiger partial charge on any atom is 0.224 e. The lowest BCUT2D eigenvalue weighted by Gasteiger charge is -2.20. The van der Waals surface area contributed by atoms with Crippen LogP contribution in [0.1, 0.15) is 25.8 Å². The largest absolute Gasteiger partial charge is 0.397 e. The summed E-state index contributed by atoms with van der Waals surface area (Å²) in [7, 11) is 0. The normalized spacial score (nSPS) is 14.1. The topological polar surface area (TPSA) is 76.4 Å². The number of nitrogens with one attached hydrogen (secondary N) is 2. The van der Waals surface area contributed by atoms with Gasteiger partial charge >= 0.3 is 0 Å². The summed E-state index contributed by atoms with van der Waals surface area (Å²) in [6.45, 7) is 6.41. The van der Waals surface area contributed by atoms with Gasteiger partial charge in [0.2, 0.25) is 5.91 Å². The van der Waals surface area contributed by atoms with E-state index in [2.05, 4.69) is 24.5 Å². The molecule has 5 nitrogen and oxygen atoms in total. The highest BCUT2D eigenvalue weighted by Crippen LogP contribution is 2.30. The van der Waals surface area contributed by atoms with Crippen molar-refractivity contribution in [2.45, 2.75) is 26.7 Å². The van der Waals surface area contributed by atoms with Crippen molar-refractivity contribution in [3.8, 4) is 0 Å². The van der Waals surface area contributed by atoms with Crippen molar-refractivity contribution < 1.29 is 9.53 Å². The molecule has 0 aliphatic carbocycles. The molecule has 1 aromatic carbocycles. The molecule has 0 radical (unpaired) electrons. The van der Waals surface area contributed by atoms with E-state index in [9.17, 15) is 4.79 Å². The van der Waals surface area contributed by atoms with Gasteiger partial charge in [0.05, 0.1) is 18.0 Å². The number of carbonyl (C=O) groups excluding carboxylic acids is 1. The first kappa shape index (κ1) is 14.7. The van der Waals surface area contributed by atoms with Crippen molar-refractivity contribution in [2.75, 3.05) is 36.1 Å². The van der Waals surface area contributed by atoms with Crippen LogP contribution in [0.5, 0.6) is 0 Å². The molecule has 0 saturated carbocycles. The number of amides is 1. The summed E-state index contributed by atoms with van der Waals surface area (Å²) in [4.78, 5) is 11.3. The molecular formula is C15H23N3O2. The van der Waals surface area contributed by atoms with Gasteiger partial charge in [-0.05, 0) is 30.0 Å². The molecular weight excluding hydrogens is 254 g/mol. The zero-order valence-corrected chi connectivity index (χ0v) is 12.2. The van der Waals surface area contributed by atoms with Crippen LogP contribution >= 0.6 is 0 Å². The Morgan fingerprint density at radius 2 is 2.20 bits per heavy atom. The number of hydrogen-bond donors (Lipinski definition) is 3. The van der Waals surface area contributed by atoms with Gasteiger partial charge in [-0.25, -0.2) is 0 Å². The highest BCUT2D eigenvalue weighted by Gasteiger charge is 2.16. The Labute approximate surface area is 119 Å². The van der Waals surface area contributed by atoms with E-state index in [1.165, 1.54) is 0 Å². The zero-order valence-electron chi connectivity index (χ0n) is 12.2. The number of carbonyl (C=O) groups is 1. The predicted octanol–water partition coefficient (Wildman–Crippen LogP) is 2.24.